The molecule has 3 N–H and O–H groups in total. The van der Waals surface area contributed by atoms with E-state index in [4.69, 9.17) is 19.3 Å². The molecule has 3 rings (SSSR count). The Labute approximate surface area is 194 Å². The molecular formula is C26H30N2O5. The Balaban J connectivity index is 1.60. The van der Waals surface area contributed by atoms with Crippen molar-refractivity contribution in [3.05, 3.63) is 83.4 Å². The van der Waals surface area contributed by atoms with E-state index < -0.39 is 0 Å². The second kappa shape index (κ2) is 11.9. The van der Waals surface area contributed by atoms with E-state index in [1.807, 2.05) is 42.5 Å². The van der Waals surface area contributed by atoms with Crippen molar-refractivity contribution in [3.8, 4) is 17.2 Å². The summed E-state index contributed by atoms with van der Waals surface area (Å²) in [7, 11) is 3.18. The minimum atomic E-state index is -0.174. The molecule has 0 saturated heterocycles. The highest BCUT2D eigenvalue weighted by molar-refractivity contribution is 6.04. The number of methoxy groups -OCH3 is 2. The normalized spacial score (nSPS) is 11.5. The van der Waals surface area contributed by atoms with Crippen LogP contribution in [0.3, 0.4) is 0 Å². The van der Waals surface area contributed by atoms with Crippen molar-refractivity contribution in [1.82, 2.24) is 5.32 Å². The minimum Gasteiger partial charge on any atom is -0.497 e. The molecule has 0 bridgehead atoms. The molecule has 1 atom stereocenters. The number of aliphatic hydroxyl groups excluding tert-OH is 1. The number of rotatable bonds is 11. The summed E-state index contributed by atoms with van der Waals surface area (Å²) in [6.45, 7) is 2.86. The Morgan fingerprint density at radius 3 is 2.45 bits per heavy atom. The highest BCUT2D eigenvalue weighted by Crippen LogP contribution is 2.30. The lowest BCUT2D eigenvalue weighted by Gasteiger charge is -2.17. The maximum absolute atomic E-state index is 12.5. The summed E-state index contributed by atoms with van der Waals surface area (Å²) in [5.41, 5.74) is 3.39. The molecule has 3 aromatic rings. The number of hydrogen-bond donors (Lipinski definition) is 3. The van der Waals surface area contributed by atoms with Gasteiger partial charge in [-0.3, -0.25) is 4.79 Å². The second-order valence-electron chi connectivity index (χ2n) is 7.47. The summed E-state index contributed by atoms with van der Waals surface area (Å²) in [6, 6.07) is 20.5. The molecule has 0 aliphatic carbocycles. The lowest BCUT2D eigenvalue weighted by Crippen LogP contribution is -2.18. The summed E-state index contributed by atoms with van der Waals surface area (Å²) in [5, 5.41) is 15.4. The van der Waals surface area contributed by atoms with Gasteiger partial charge in [0.25, 0.3) is 5.91 Å². The van der Waals surface area contributed by atoms with E-state index in [0.29, 0.717) is 29.4 Å². The third kappa shape index (κ3) is 6.71. The predicted octanol–water partition coefficient (Wildman–Crippen LogP) is 4.18. The molecule has 0 aliphatic rings. The fourth-order valence-corrected chi connectivity index (χ4v) is 3.32. The van der Waals surface area contributed by atoms with Crippen molar-refractivity contribution < 1.29 is 24.1 Å². The molecule has 0 aromatic heterocycles. The summed E-state index contributed by atoms with van der Waals surface area (Å²) in [5.74, 6) is 1.76. The number of carbonyl (C=O) groups is 1. The largest absolute Gasteiger partial charge is 0.497 e. The zero-order valence-corrected chi connectivity index (χ0v) is 19.1. The van der Waals surface area contributed by atoms with Gasteiger partial charge in [-0.25, -0.2) is 0 Å². The average Bonchev–Trinajstić information content (AvgIpc) is 2.86. The minimum absolute atomic E-state index is 0.0531. The van der Waals surface area contributed by atoms with Crippen LogP contribution in [-0.4, -0.2) is 38.4 Å². The zero-order valence-electron chi connectivity index (χ0n) is 19.1. The average molecular weight is 451 g/mol. The van der Waals surface area contributed by atoms with E-state index in [0.717, 1.165) is 16.8 Å². The topological polar surface area (TPSA) is 89.1 Å². The molecule has 1 unspecified atom stereocenters. The van der Waals surface area contributed by atoms with E-state index in [-0.39, 0.29) is 25.2 Å². The van der Waals surface area contributed by atoms with Gasteiger partial charge in [-0.05, 0) is 66.6 Å². The molecule has 0 aliphatic heterocycles. The van der Waals surface area contributed by atoms with Gasteiger partial charge >= 0.3 is 0 Å². The Kier molecular flexibility index (Phi) is 8.69. The molecule has 3 aromatic carbocycles. The highest BCUT2D eigenvalue weighted by Gasteiger charge is 2.11. The van der Waals surface area contributed by atoms with Gasteiger partial charge in [0.2, 0.25) is 0 Å². The van der Waals surface area contributed by atoms with Crippen LogP contribution < -0.4 is 24.8 Å². The van der Waals surface area contributed by atoms with Crippen LogP contribution in [0.2, 0.25) is 0 Å². The molecule has 0 spiro atoms. The second-order valence-corrected chi connectivity index (χ2v) is 7.47. The maximum Gasteiger partial charge on any atom is 0.255 e. The summed E-state index contributed by atoms with van der Waals surface area (Å²) < 4.78 is 16.0. The summed E-state index contributed by atoms with van der Waals surface area (Å²) in [6.07, 6.45) is 0. The molecule has 1 amide bonds. The Morgan fingerprint density at radius 1 is 0.970 bits per heavy atom. The molecule has 0 heterocycles. The smallest absolute Gasteiger partial charge is 0.255 e. The lowest BCUT2D eigenvalue weighted by molar-refractivity contribution is 0.102. The van der Waals surface area contributed by atoms with Crippen LogP contribution in [0, 0.1) is 0 Å². The van der Waals surface area contributed by atoms with Crippen LogP contribution in [0.1, 0.15) is 34.5 Å². The monoisotopic (exact) mass is 450 g/mol. The lowest BCUT2D eigenvalue weighted by atomic mass is 10.1. The summed E-state index contributed by atoms with van der Waals surface area (Å²) >= 11 is 0. The molecule has 174 valence electrons. The highest BCUT2D eigenvalue weighted by atomic mass is 16.5. The van der Waals surface area contributed by atoms with Crippen molar-refractivity contribution in [2.24, 2.45) is 0 Å². The molecule has 0 fully saturated rings. The van der Waals surface area contributed by atoms with E-state index in [1.54, 1.807) is 38.5 Å². The third-order valence-corrected chi connectivity index (χ3v) is 5.19. The number of aliphatic hydroxyl groups is 1. The number of hydrogen-bond acceptors (Lipinski definition) is 6. The zero-order chi connectivity index (χ0) is 23.6. The van der Waals surface area contributed by atoms with Crippen LogP contribution in [-0.2, 0) is 6.54 Å². The molecule has 0 saturated carbocycles. The van der Waals surface area contributed by atoms with Crippen LogP contribution >= 0.6 is 0 Å². The fourth-order valence-electron chi connectivity index (χ4n) is 3.32. The first kappa shape index (κ1) is 24.1. The van der Waals surface area contributed by atoms with Crippen molar-refractivity contribution in [1.29, 1.82) is 0 Å². The molecule has 33 heavy (non-hydrogen) atoms. The number of benzene rings is 3. The van der Waals surface area contributed by atoms with Crippen molar-refractivity contribution in [2.45, 2.75) is 19.5 Å². The summed E-state index contributed by atoms with van der Waals surface area (Å²) in [4.78, 5) is 12.5. The first-order valence-electron chi connectivity index (χ1n) is 10.7. The van der Waals surface area contributed by atoms with Gasteiger partial charge in [0, 0.05) is 23.8 Å². The van der Waals surface area contributed by atoms with Gasteiger partial charge in [-0.15, -0.1) is 0 Å². The molecular weight excluding hydrogens is 420 g/mol. The first-order chi connectivity index (χ1) is 16.0. The van der Waals surface area contributed by atoms with Gasteiger partial charge in [0.05, 0.1) is 20.8 Å². The third-order valence-electron chi connectivity index (χ3n) is 5.19. The standard InChI is InChI=1S/C26H30N2O5/c1-18(21-9-12-24(33-14-13-29)25(16-21)32-3)27-17-19-5-4-6-22(15-19)28-26(30)20-7-10-23(31-2)11-8-20/h4-12,15-16,18,27,29H,13-14,17H2,1-3H3,(H,28,30). The van der Waals surface area contributed by atoms with Crippen molar-refractivity contribution in [2.75, 3.05) is 32.8 Å². The Bertz CT molecular complexity index is 1050. The van der Waals surface area contributed by atoms with Crippen LogP contribution in [0.15, 0.2) is 66.7 Å². The predicted molar refractivity (Wildman–Crippen MR) is 128 cm³/mol. The SMILES string of the molecule is COc1ccc(C(=O)Nc2cccc(CNC(C)c3ccc(OCCO)c(OC)c3)c2)cc1. The Hall–Kier alpha value is -3.55. The number of nitrogens with one attached hydrogen (secondary N) is 2. The molecule has 7 heteroatoms. The van der Waals surface area contributed by atoms with Crippen LogP contribution in [0.25, 0.3) is 0 Å². The quantitative estimate of drug-likeness (QED) is 0.406. The van der Waals surface area contributed by atoms with E-state index in [2.05, 4.69) is 17.6 Å². The van der Waals surface area contributed by atoms with E-state index >= 15 is 0 Å². The van der Waals surface area contributed by atoms with Gasteiger partial charge in [-0.1, -0.05) is 18.2 Å². The van der Waals surface area contributed by atoms with E-state index in [1.165, 1.54) is 0 Å². The maximum atomic E-state index is 12.5. The first-order valence-corrected chi connectivity index (χ1v) is 10.7. The number of carbonyl (C=O) groups excluding carboxylic acids is 1. The molecule has 7 nitrogen and oxygen atoms in total. The van der Waals surface area contributed by atoms with Crippen LogP contribution in [0.5, 0.6) is 17.2 Å². The van der Waals surface area contributed by atoms with Gasteiger partial charge < -0.3 is 30.0 Å². The van der Waals surface area contributed by atoms with Gasteiger partial charge in [0.15, 0.2) is 11.5 Å². The van der Waals surface area contributed by atoms with Crippen molar-refractivity contribution >= 4 is 11.6 Å². The van der Waals surface area contributed by atoms with Gasteiger partial charge in [0.1, 0.15) is 12.4 Å². The number of amides is 1. The number of anilines is 1. The number of ether oxygens (including phenoxy) is 3. The Morgan fingerprint density at radius 2 is 1.76 bits per heavy atom. The van der Waals surface area contributed by atoms with E-state index in [9.17, 15) is 4.79 Å². The fraction of sp³-hybridized carbons (Fsp3) is 0.269. The van der Waals surface area contributed by atoms with Gasteiger partial charge in [-0.2, -0.15) is 0 Å². The van der Waals surface area contributed by atoms with Crippen molar-refractivity contribution in [3.63, 3.8) is 0 Å². The molecule has 0 radical (unpaired) electrons. The van der Waals surface area contributed by atoms with Crippen LogP contribution in [0.4, 0.5) is 5.69 Å².